The minimum atomic E-state index is 0.616. The van der Waals surface area contributed by atoms with E-state index in [1.165, 1.54) is 32.5 Å². The van der Waals surface area contributed by atoms with Crippen LogP contribution < -0.4 is 5.32 Å². The number of thiocarbonyl (C=S) groups is 1. The molecule has 1 aliphatic rings. The van der Waals surface area contributed by atoms with Crippen LogP contribution in [-0.4, -0.2) is 54.2 Å². The van der Waals surface area contributed by atoms with Gasteiger partial charge in [0, 0.05) is 32.7 Å². The Labute approximate surface area is 112 Å². The predicted octanol–water partition coefficient (Wildman–Crippen LogP) is 1.93. The lowest BCUT2D eigenvalue weighted by Gasteiger charge is -2.37. The molecule has 0 atom stereocenters. The van der Waals surface area contributed by atoms with Gasteiger partial charge in [-0.2, -0.15) is 0 Å². The number of piperidine rings is 1. The predicted molar refractivity (Wildman–Crippen MR) is 78.3 cm³/mol. The topological polar surface area (TPSA) is 18.5 Å². The number of nitrogens with one attached hydrogen (secondary N) is 1. The van der Waals surface area contributed by atoms with Crippen molar-refractivity contribution in [3.63, 3.8) is 0 Å². The maximum Gasteiger partial charge on any atom is 0.168 e. The Kier molecular flexibility index (Phi) is 6.20. The molecule has 0 aromatic carbocycles. The van der Waals surface area contributed by atoms with Crippen molar-refractivity contribution in [2.75, 3.05) is 33.2 Å². The average molecular weight is 257 g/mol. The summed E-state index contributed by atoms with van der Waals surface area (Å²) in [4.78, 5) is 4.76. The molecule has 0 spiro atoms. The molecule has 0 bridgehead atoms. The Morgan fingerprint density at radius 2 is 2.00 bits per heavy atom. The number of nitrogens with zero attached hydrogens (tertiary/aromatic N) is 2. The zero-order valence-electron chi connectivity index (χ0n) is 11.7. The van der Waals surface area contributed by atoms with Gasteiger partial charge in [-0.1, -0.05) is 20.8 Å². The molecule has 0 aliphatic carbocycles. The molecule has 0 aromatic heterocycles. The molecule has 1 saturated heterocycles. The Morgan fingerprint density at radius 1 is 1.41 bits per heavy atom. The van der Waals surface area contributed by atoms with Crippen molar-refractivity contribution >= 4 is 17.3 Å². The van der Waals surface area contributed by atoms with Crippen molar-refractivity contribution in [3.05, 3.63) is 0 Å². The lowest BCUT2D eigenvalue weighted by molar-refractivity contribution is 0.171. The molecule has 1 fully saturated rings. The lowest BCUT2D eigenvalue weighted by atomic mass is 10.0. The zero-order valence-corrected chi connectivity index (χ0v) is 12.5. The summed E-state index contributed by atoms with van der Waals surface area (Å²) in [6, 6.07) is 0.616. The average Bonchev–Trinajstić information content (AvgIpc) is 2.35. The second kappa shape index (κ2) is 7.17. The first-order valence-electron chi connectivity index (χ1n) is 6.77. The Bertz CT molecular complexity index is 235. The first-order chi connectivity index (χ1) is 8.04. The quantitative estimate of drug-likeness (QED) is 0.776. The molecule has 0 amide bonds. The van der Waals surface area contributed by atoms with Crippen LogP contribution in [0.4, 0.5) is 0 Å². The highest BCUT2D eigenvalue weighted by molar-refractivity contribution is 7.80. The van der Waals surface area contributed by atoms with Crippen LogP contribution in [0.1, 0.15) is 33.6 Å². The van der Waals surface area contributed by atoms with E-state index in [2.05, 4.69) is 42.9 Å². The van der Waals surface area contributed by atoms with E-state index in [0.717, 1.165) is 11.7 Å². The van der Waals surface area contributed by atoms with E-state index in [0.29, 0.717) is 12.0 Å². The summed E-state index contributed by atoms with van der Waals surface area (Å²) in [5.74, 6) is 0.642. The maximum absolute atomic E-state index is 5.43. The summed E-state index contributed by atoms with van der Waals surface area (Å²) < 4.78 is 0. The van der Waals surface area contributed by atoms with Crippen molar-refractivity contribution < 1.29 is 0 Å². The standard InChI is InChI=1S/C13H27N3S/c1-5-16-8-6-12(7-9-16)15(4)13(17)14-10-11(2)3/h11-12H,5-10H2,1-4H3,(H,14,17). The van der Waals surface area contributed by atoms with Crippen molar-refractivity contribution in [2.24, 2.45) is 5.92 Å². The fraction of sp³-hybridized carbons (Fsp3) is 0.923. The van der Waals surface area contributed by atoms with Crippen LogP contribution in [0.25, 0.3) is 0 Å². The van der Waals surface area contributed by atoms with Crippen LogP contribution in [0.15, 0.2) is 0 Å². The van der Waals surface area contributed by atoms with Crippen molar-refractivity contribution in [2.45, 2.75) is 39.7 Å². The highest BCUT2D eigenvalue weighted by Gasteiger charge is 2.22. The van der Waals surface area contributed by atoms with E-state index < -0.39 is 0 Å². The fourth-order valence-corrected chi connectivity index (χ4v) is 2.44. The number of hydrogen-bond donors (Lipinski definition) is 1. The molecule has 0 saturated carbocycles. The van der Waals surface area contributed by atoms with E-state index in [1.807, 2.05) is 0 Å². The maximum atomic E-state index is 5.43. The van der Waals surface area contributed by atoms with Gasteiger partial charge in [0.1, 0.15) is 0 Å². The molecule has 4 heteroatoms. The molecule has 17 heavy (non-hydrogen) atoms. The Hall–Kier alpha value is -0.350. The largest absolute Gasteiger partial charge is 0.362 e. The zero-order chi connectivity index (χ0) is 12.8. The summed E-state index contributed by atoms with van der Waals surface area (Å²) >= 11 is 5.43. The van der Waals surface area contributed by atoms with E-state index in [9.17, 15) is 0 Å². The normalized spacial score (nSPS) is 18.4. The van der Waals surface area contributed by atoms with Gasteiger partial charge in [0.15, 0.2) is 5.11 Å². The third kappa shape index (κ3) is 4.80. The van der Waals surface area contributed by atoms with Crippen molar-refractivity contribution in [1.82, 2.24) is 15.1 Å². The van der Waals surface area contributed by atoms with Gasteiger partial charge >= 0.3 is 0 Å². The molecule has 1 aliphatic heterocycles. The van der Waals surface area contributed by atoms with Gasteiger partial charge in [-0.25, -0.2) is 0 Å². The fourth-order valence-electron chi connectivity index (χ4n) is 2.20. The van der Waals surface area contributed by atoms with Gasteiger partial charge in [-0.3, -0.25) is 0 Å². The highest BCUT2D eigenvalue weighted by Crippen LogP contribution is 2.15. The minimum Gasteiger partial charge on any atom is -0.362 e. The number of rotatable bonds is 4. The molecule has 100 valence electrons. The van der Waals surface area contributed by atoms with Gasteiger partial charge < -0.3 is 15.1 Å². The van der Waals surface area contributed by atoms with Crippen LogP contribution in [0.3, 0.4) is 0 Å². The van der Waals surface area contributed by atoms with Gasteiger partial charge in [0.2, 0.25) is 0 Å². The van der Waals surface area contributed by atoms with Gasteiger partial charge in [-0.05, 0) is 37.5 Å². The van der Waals surface area contributed by atoms with E-state index in [-0.39, 0.29) is 0 Å². The summed E-state index contributed by atoms with van der Waals surface area (Å²) in [6.07, 6.45) is 2.46. The first-order valence-corrected chi connectivity index (χ1v) is 7.18. The molecule has 1 heterocycles. The van der Waals surface area contributed by atoms with Crippen LogP contribution in [-0.2, 0) is 0 Å². The third-order valence-electron chi connectivity index (χ3n) is 3.53. The Morgan fingerprint density at radius 3 is 2.47 bits per heavy atom. The molecule has 0 aromatic rings. The van der Waals surface area contributed by atoms with Crippen LogP contribution >= 0.6 is 12.2 Å². The van der Waals surface area contributed by atoms with E-state index >= 15 is 0 Å². The first kappa shape index (κ1) is 14.7. The summed E-state index contributed by atoms with van der Waals surface area (Å²) in [5.41, 5.74) is 0. The second-order valence-corrected chi connectivity index (χ2v) is 5.74. The number of likely N-dealkylation sites (tertiary alicyclic amines) is 1. The molecule has 1 N–H and O–H groups in total. The monoisotopic (exact) mass is 257 g/mol. The van der Waals surface area contributed by atoms with Gasteiger partial charge in [0.05, 0.1) is 0 Å². The van der Waals surface area contributed by atoms with Gasteiger partial charge in [-0.15, -0.1) is 0 Å². The van der Waals surface area contributed by atoms with Gasteiger partial charge in [0.25, 0.3) is 0 Å². The summed E-state index contributed by atoms with van der Waals surface area (Å²) in [7, 11) is 2.13. The van der Waals surface area contributed by atoms with Crippen molar-refractivity contribution in [3.8, 4) is 0 Å². The Balaban J connectivity index is 2.32. The lowest BCUT2D eigenvalue weighted by Crippen LogP contribution is -2.49. The van der Waals surface area contributed by atoms with Crippen LogP contribution in [0.5, 0.6) is 0 Å². The summed E-state index contributed by atoms with van der Waals surface area (Å²) in [5, 5.41) is 4.26. The van der Waals surface area contributed by atoms with Crippen molar-refractivity contribution in [1.29, 1.82) is 0 Å². The molecular weight excluding hydrogens is 230 g/mol. The smallest absolute Gasteiger partial charge is 0.168 e. The van der Waals surface area contributed by atoms with E-state index in [1.54, 1.807) is 0 Å². The SMILES string of the molecule is CCN1CCC(N(C)C(=S)NCC(C)C)CC1. The molecule has 3 nitrogen and oxygen atoms in total. The van der Waals surface area contributed by atoms with Crippen LogP contribution in [0, 0.1) is 5.92 Å². The molecular formula is C13H27N3S. The molecule has 1 rings (SSSR count). The van der Waals surface area contributed by atoms with E-state index in [4.69, 9.17) is 12.2 Å². The minimum absolute atomic E-state index is 0.616. The molecule has 0 radical (unpaired) electrons. The second-order valence-electron chi connectivity index (χ2n) is 5.36. The highest BCUT2D eigenvalue weighted by atomic mass is 32.1. The third-order valence-corrected chi connectivity index (χ3v) is 3.97. The molecule has 0 unspecified atom stereocenters. The summed E-state index contributed by atoms with van der Waals surface area (Å²) in [6.45, 7) is 11.2. The number of hydrogen-bond acceptors (Lipinski definition) is 2. The van der Waals surface area contributed by atoms with Crippen LogP contribution in [0.2, 0.25) is 0 Å².